The van der Waals surface area contributed by atoms with Crippen molar-refractivity contribution in [3.05, 3.63) is 66.2 Å². The minimum absolute atomic E-state index is 0.0488. The smallest absolute Gasteiger partial charge is 0.254 e. The largest absolute Gasteiger partial charge is 0.497 e. The van der Waals surface area contributed by atoms with E-state index in [1.807, 2.05) is 41.3 Å². The van der Waals surface area contributed by atoms with Gasteiger partial charge in [0.05, 0.1) is 12.8 Å². The van der Waals surface area contributed by atoms with Crippen LogP contribution in [-0.4, -0.2) is 54.3 Å². The Balaban J connectivity index is 1.44. The number of amides is 1. The standard InChI is InChI=1S/C22H24N4O2/c1-28-19-10-5-9-18(15-19)22(27)26-12-6-11-25(13-14-26)21-16-20(23-24-21)17-7-3-2-4-8-17/h2-5,7-10,15-16H,6,11-14H2,1H3,(H,23,24). The number of ether oxygens (including phenoxy) is 1. The molecule has 0 saturated carbocycles. The lowest BCUT2D eigenvalue weighted by Gasteiger charge is -2.22. The third-order valence-electron chi connectivity index (χ3n) is 5.07. The van der Waals surface area contributed by atoms with E-state index in [0.717, 1.165) is 43.1 Å². The van der Waals surface area contributed by atoms with Crippen molar-refractivity contribution in [1.82, 2.24) is 15.1 Å². The zero-order valence-corrected chi connectivity index (χ0v) is 16.0. The van der Waals surface area contributed by atoms with E-state index in [-0.39, 0.29) is 5.91 Å². The first-order valence-electron chi connectivity index (χ1n) is 9.54. The Morgan fingerprint density at radius 3 is 2.68 bits per heavy atom. The maximum Gasteiger partial charge on any atom is 0.254 e. The highest BCUT2D eigenvalue weighted by molar-refractivity contribution is 5.94. The van der Waals surface area contributed by atoms with Crippen LogP contribution >= 0.6 is 0 Å². The average Bonchev–Trinajstić information content (AvgIpc) is 3.12. The Labute approximate surface area is 164 Å². The highest BCUT2D eigenvalue weighted by Crippen LogP contribution is 2.23. The number of carbonyl (C=O) groups excluding carboxylic acids is 1. The fraction of sp³-hybridized carbons (Fsp3) is 0.273. The number of H-pyrrole nitrogens is 1. The first-order chi connectivity index (χ1) is 13.7. The van der Waals surface area contributed by atoms with Gasteiger partial charge in [0.25, 0.3) is 5.91 Å². The number of nitrogens with one attached hydrogen (secondary N) is 1. The van der Waals surface area contributed by atoms with Crippen LogP contribution in [0.2, 0.25) is 0 Å². The molecule has 1 aliphatic heterocycles. The van der Waals surface area contributed by atoms with Crippen molar-refractivity contribution in [2.24, 2.45) is 0 Å². The molecule has 2 aromatic carbocycles. The van der Waals surface area contributed by atoms with Gasteiger partial charge >= 0.3 is 0 Å². The van der Waals surface area contributed by atoms with Crippen LogP contribution in [-0.2, 0) is 0 Å². The molecule has 0 atom stereocenters. The minimum Gasteiger partial charge on any atom is -0.497 e. The molecule has 3 aromatic rings. The quantitative estimate of drug-likeness (QED) is 0.758. The Morgan fingerprint density at radius 1 is 1.00 bits per heavy atom. The van der Waals surface area contributed by atoms with Crippen LogP contribution in [0.3, 0.4) is 0 Å². The van der Waals surface area contributed by atoms with E-state index in [1.165, 1.54) is 0 Å². The van der Waals surface area contributed by atoms with E-state index < -0.39 is 0 Å². The molecule has 28 heavy (non-hydrogen) atoms. The molecule has 0 bridgehead atoms. The molecule has 1 aliphatic rings. The zero-order chi connectivity index (χ0) is 19.3. The summed E-state index contributed by atoms with van der Waals surface area (Å²) in [6.45, 7) is 3.04. The Kier molecular flexibility index (Phi) is 5.28. The Bertz CT molecular complexity index is 938. The summed E-state index contributed by atoms with van der Waals surface area (Å²) in [7, 11) is 1.61. The van der Waals surface area contributed by atoms with Gasteiger partial charge < -0.3 is 14.5 Å². The van der Waals surface area contributed by atoms with Gasteiger partial charge in [-0.05, 0) is 30.2 Å². The van der Waals surface area contributed by atoms with Crippen LogP contribution in [0, 0.1) is 0 Å². The molecule has 6 heteroatoms. The lowest BCUT2D eigenvalue weighted by Crippen LogP contribution is -2.35. The summed E-state index contributed by atoms with van der Waals surface area (Å²) in [6, 6.07) is 19.6. The van der Waals surface area contributed by atoms with Crippen molar-refractivity contribution in [1.29, 1.82) is 0 Å². The van der Waals surface area contributed by atoms with Crippen LogP contribution in [0.5, 0.6) is 5.75 Å². The molecule has 0 aliphatic carbocycles. The van der Waals surface area contributed by atoms with E-state index in [4.69, 9.17) is 4.74 Å². The van der Waals surface area contributed by atoms with E-state index in [0.29, 0.717) is 17.9 Å². The monoisotopic (exact) mass is 376 g/mol. The first kappa shape index (κ1) is 18.1. The lowest BCUT2D eigenvalue weighted by atomic mass is 10.1. The highest BCUT2D eigenvalue weighted by atomic mass is 16.5. The van der Waals surface area contributed by atoms with E-state index in [1.54, 1.807) is 13.2 Å². The highest BCUT2D eigenvalue weighted by Gasteiger charge is 2.22. The molecule has 1 N–H and O–H groups in total. The molecular formula is C22H24N4O2. The molecule has 1 saturated heterocycles. The molecule has 2 heterocycles. The SMILES string of the molecule is COc1cccc(C(=O)N2CCCN(c3cc(-c4ccccc4)[nH]n3)CC2)c1. The van der Waals surface area contributed by atoms with Crippen molar-refractivity contribution in [2.45, 2.75) is 6.42 Å². The number of rotatable bonds is 4. The average molecular weight is 376 g/mol. The summed E-state index contributed by atoms with van der Waals surface area (Å²) in [5.41, 5.74) is 2.79. The number of hydrogen-bond donors (Lipinski definition) is 1. The van der Waals surface area contributed by atoms with E-state index in [2.05, 4.69) is 33.3 Å². The van der Waals surface area contributed by atoms with Gasteiger partial charge in [-0.15, -0.1) is 0 Å². The Morgan fingerprint density at radius 2 is 1.86 bits per heavy atom. The second-order valence-electron chi connectivity index (χ2n) is 6.87. The van der Waals surface area contributed by atoms with E-state index in [9.17, 15) is 4.79 Å². The lowest BCUT2D eigenvalue weighted by molar-refractivity contribution is 0.0766. The number of aromatic nitrogens is 2. The molecule has 1 aromatic heterocycles. The van der Waals surface area contributed by atoms with Crippen molar-refractivity contribution in [3.8, 4) is 17.0 Å². The molecule has 0 unspecified atom stereocenters. The Hall–Kier alpha value is -3.28. The molecular weight excluding hydrogens is 352 g/mol. The zero-order valence-electron chi connectivity index (χ0n) is 16.0. The number of hydrogen-bond acceptors (Lipinski definition) is 4. The number of benzene rings is 2. The fourth-order valence-electron chi connectivity index (χ4n) is 3.53. The van der Waals surface area contributed by atoms with Gasteiger partial charge in [0.2, 0.25) is 0 Å². The summed E-state index contributed by atoms with van der Waals surface area (Å²) >= 11 is 0. The summed E-state index contributed by atoms with van der Waals surface area (Å²) < 4.78 is 5.24. The minimum atomic E-state index is 0.0488. The maximum atomic E-state index is 12.9. The molecule has 4 rings (SSSR count). The van der Waals surface area contributed by atoms with Gasteiger partial charge in [-0.25, -0.2) is 0 Å². The van der Waals surface area contributed by atoms with Crippen LogP contribution in [0.4, 0.5) is 5.82 Å². The number of nitrogens with zero attached hydrogens (tertiary/aromatic N) is 3. The number of carbonyl (C=O) groups is 1. The van der Waals surface area contributed by atoms with E-state index >= 15 is 0 Å². The molecule has 144 valence electrons. The van der Waals surface area contributed by atoms with Gasteiger partial charge in [-0.3, -0.25) is 9.89 Å². The third-order valence-corrected chi connectivity index (χ3v) is 5.07. The molecule has 6 nitrogen and oxygen atoms in total. The van der Waals surface area contributed by atoms with Crippen molar-refractivity contribution < 1.29 is 9.53 Å². The van der Waals surface area contributed by atoms with Gasteiger partial charge in [0.15, 0.2) is 5.82 Å². The van der Waals surface area contributed by atoms with Crippen LogP contribution in [0.25, 0.3) is 11.3 Å². The maximum absolute atomic E-state index is 12.9. The topological polar surface area (TPSA) is 61.5 Å². The van der Waals surface area contributed by atoms with Crippen LogP contribution in [0.1, 0.15) is 16.8 Å². The van der Waals surface area contributed by atoms with Crippen molar-refractivity contribution in [2.75, 3.05) is 38.2 Å². The van der Waals surface area contributed by atoms with Crippen molar-refractivity contribution >= 4 is 11.7 Å². The number of anilines is 1. The van der Waals surface area contributed by atoms with Crippen LogP contribution < -0.4 is 9.64 Å². The summed E-state index contributed by atoms with van der Waals surface area (Å²) in [4.78, 5) is 17.0. The summed E-state index contributed by atoms with van der Waals surface area (Å²) in [5.74, 6) is 1.68. The number of methoxy groups -OCH3 is 1. The molecule has 1 fully saturated rings. The third kappa shape index (κ3) is 3.86. The summed E-state index contributed by atoms with van der Waals surface area (Å²) in [5, 5.41) is 7.62. The normalized spacial score (nSPS) is 14.6. The predicted molar refractivity (Wildman–Crippen MR) is 110 cm³/mol. The second kappa shape index (κ2) is 8.17. The van der Waals surface area contributed by atoms with Crippen LogP contribution in [0.15, 0.2) is 60.7 Å². The summed E-state index contributed by atoms with van der Waals surface area (Å²) in [6.07, 6.45) is 0.906. The van der Waals surface area contributed by atoms with Gasteiger partial charge in [-0.1, -0.05) is 36.4 Å². The molecule has 1 amide bonds. The van der Waals surface area contributed by atoms with Crippen molar-refractivity contribution in [3.63, 3.8) is 0 Å². The fourth-order valence-corrected chi connectivity index (χ4v) is 3.53. The second-order valence-corrected chi connectivity index (χ2v) is 6.87. The molecule has 0 radical (unpaired) electrons. The van der Waals surface area contributed by atoms with Gasteiger partial charge in [0, 0.05) is 37.8 Å². The first-order valence-corrected chi connectivity index (χ1v) is 9.54. The van der Waals surface area contributed by atoms with Gasteiger partial charge in [0.1, 0.15) is 5.75 Å². The molecule has 0 spiro atoms. The number of aromatic amines is 1. The van der Waals surface area contributed by atoms with Gasteiger partial charge in [-0.2, -0.15) is 5.10 Å². The predicted octanol–water partition coefficient (Wildman–Crippen LogP) is 3.44.